The van der Waals surface area contributed by atoms with Gasteiger partial charge in [-0.15, -0.1) is 0 Å². The summed E-state index contributed by atoms with van der Waals surface area (Å²) < 4.78 is 14.4. The molecule has 0 aliphatic carbocycles. The van der Waals surface area contributed by atoms with E-state index in [0.29, 0.717) is 12.2 Å². The predicted octanol–water partition coefficient (Wildman–Crippen LogP) is 2.74. The molecule has 2 heterocycles. The molecule has 0 bridgehead atoms. The summed E-state index contributed by atoms with van der Waals surface area (Å²) in [5.41, 5.74) is 2.65. The monoisotopic (exact) mass is 249 g/mol. The molecule has 18 heavy (non-hydrogen) atoms. The third-order valence-electron chi connectivity index (χ3n) is 3.31. The lowest BCUT2D eigenvalue weighted by Gasteiger charge is -2.27. The van der Waals surface area contributed by atoms with Crippen molar-refractivity contribution in [2.24, 2.45) is 4.99 Å². The van der Waals surface area contributed by atoms with Crippen molar-refractivity contribution in [1.29, 1.82) is 0 Å². The lowest BCUT2D eigenvalue weighted by molar-refractivity contribution is 0.364. The Hall–Kier alpha value is -1.42. The number of hydrogen-bond donors (Lipinski definition) is 1. The number of rotatable bonds is 1. The summed E-state index contributed by atoms with van der Waals surface area (Å²) in [5, 5.41) is 3.28. The second-order valence-electron chi connectivity index (χ2n) is 4.64. The highest BCUT2D eigenvalue weighted by Gasteiger charge is 2.26. The van der Waals surface area contributed by atoms with Crippen LogP contribution in [0.25, 0.3) is 0 Å². The molecule has 1 fully saturated rings. The van der Waals surface area contributed by atoms with E-state index in [1.807, 2.05) is 26.0 Å². The Balaban J connectivity index is 2.46. The quantitative estimate of drug-likeness (QED) is 0.724. The number of hydrogen-bond acceptors (Lipinski definition) is 3. The second-order valence-corrected chi connectivity index (χ2v) is 4.64. The first-order valence-corrected chi connectivity index (χ1v) is 6.39. The number of nitrogens with zero attached hydrogens (tertiary/aromatic N) is 2. The van der Waals surface area contributed by atoms with Crippen LogP contribution >= 0.6 is 0 Å². The van der Waals surface area contributed by atoms with Crippen molar-refractivity contribution in [3.8, 4) is 0 Å². The van der Waals surface area contributed by atoms with Gasteiger partial charge in [-0.3, -0.25) is 0 Å². The zero-order valence-electron chi connectivity index (χ0n) is 11.3. The van der Waals surface area contributed by atoms with E-state index in [9.17, 15) is 4.39 Å². The Bertz CT molecular complexity index is 458. The molecule has 0 aromatic rings. The van der Waals surface area contributed by atoms with Gasteiger partial charge >= 0.3 is 0 Å². The van der Waals surface area contributed by atoms with Gasteiger partial charge in [0.25, 0.3) is 0 Å². The van der Waals surface area contributed by atoms with E-state index in [0.717, 1.165) is 36.4 Å². The van der Waals surface area contributed by atoms with Gasteiger partial charge in [0.2, 0.25) is 0 Å². The molecular weight excluding hydrogens is 229 g/mol. The van der Waals surface area contributed by atoms with Gasteiger partial charge in [-0.05, 0) is 32.4 Å². The van der Waals surface area contributed by atoms with Gasteiger partial charge in [-0.2, -0.15) is 4.39 Å². The van der Waals surface area contributed by atoms with E-state index in [1.54, 1.807) is 11.9 Å². The maximum Gasteiger partial charge on any atom is 0.200 e. The molecule has 0 radical (unpaired) electrons. The smallest absolute Gasteiger partial charge is 0.200 e. The first-order valence-electron chi connectivity index (χ1n) is 6.39. The number of allylic oxidation sites excluding steroid dienone is 3. The third-order valence-corrected chi connectivity index (χ3v) is 3.31. The number of aliphatic imine (C=N–C) groups is 1. The third kappa shape index (κ3) is 2.38. The topological polar surface area (TPSA) is 27.6 Å². The SMILES string of the molecule is C/C=C\C(C)=C1\N=C2CCNCCC2=C(F)N1C. The molecule has 0 atom stereocenters. The summed E-state index contributed by atoms with van der Waals surface area (Å²) in [6, 6.07) is 0. The molecule has 3 nitrogen and oxygen atoms in total. The number of halogens is 1. The van der Waals surface area contributed by atoms with Gasteiger partial charge < -0.3 is 10.2 Å². The van der Waals surface area contributed by atoms with E-state index >= 15 is 0 Å². The molecule has 1 N–H and O–H groups in total. The maximum absolute atomic E-state index is 14.4. The summed E-state index contributed by atoms with van der Waals surface area (Å²) >= 11 is 0. The van der Waals surface area contributed by atoms with Crippen LogP contribution in [0.5, 0.6) is 0 Å². The average Bonchev–Trinajstić information content (AvgIpc) is 2.59. The molecule has 0 aromatic heterocycles. The Labute approximate surface area is 108 Å². The lowest BCUT2D eigenvalue weighted by Crippen LogP contribution is -2.24. The van der Waals surface area contributed by atoms with Gasteiger partial charge in [0, 0.05) is 25.6 Å². The van der Waals surface area contributed by atoms with Gasteiger partial charge in [0.05, 0.1) is 5.71 Å². The van der Waals surface area contributed by atoms with Crippen LogP contribution in [0.15, 0.2) is 40.1 Å². The van der Waals surface area contributed by atoms with Crippen LogP contribution < -0.4 is 5.32 Å². The van der Waals surface area contributed by atoms with Crippen molar-refractivity contribution in [2.75, 3.05) is 20.1 Å². The minimum Gasteiger partial charge on any atom is -0.316 e. The number of nitrogens with one attached hydrogen (secondary N) is 1. The van der Waals surface area contributed by atoms with E-state index in [1.165, 1.54) is 0 Å². The van der Waals surface area contributed by atoms with Gasteiger partial charge in [-0.1, -0.05) is 12.2 Å². The summed E-state index contributed by atoms with van der Waals surface area (Å²) in [6.45, 7) is 5.61. The van der Waals surface area contributed by atoms with Crippen molar-refractivity contribution >= 4 is 5.71 Å². The Kier molecular flexibility index (Phi) is 3.97. The van der Waals surface area contributed by atoms with E-state index in [2.05, 4.69) is 10.3 Å². The molecule has 0 amide bonds. The summed E-state index contributed by atoms with van der Waals surface area (Å²) in [5.74, 6) is 0.564. The van der Waals surface area contributed by atoms with Gasteiger partial charge in [-0.25, -0.2) is 4.99 Å². The normalized spacial score (nSPS) is 24.0. The van der Waals surface area contributed by atoms with Crippen LogP contribution in [0, 0.1) is 0 Å². The molecule has 4 heteroatoms. The molecule has 0 saturated carbocycles. The molecule has 98 valence electrons. The zero-order valence-corrected chi connectivity index (χ0v) is 11.3. The Morgan fingerprint density at radius 3 is 2.83 bits per heavy atom. The van der Waals surface area contributed by atoms with Crippen molar-refractivity contribution < 1.29 is 4.39 Å². The maximum atomic E-state index is 14.4. The van der Waals surface area contributed by atoms with Crippen LogP contribution in [-0.2, 0) is 0 Å². The highest BCUT2D eigenvalue weighted by Crippen LogP contribution is 2.29. The Morgan fingerprint density at radius 1 is 1.39 bits per heavy atom. The molecule has 1 saturated heterocycles. The average molecular weight is 249 g/mol. The van der Waals surface area contributed by atoms with Crippen LogP contribution in [0.2, 0.25) is 0 Å². The molecule has 0 spiro atoms. The first kappa shape index (κ1) is 13.0. The molecule has 2 aliphatic rings. The van der Waals surface area contributed by atoms with Crippen LogP contribution in [0.3, 0.4) is 0 Å². The number of fused-ring (bicyclic) bond motifs is 1. The minimum absolute atomic E-state index is 0.150. The molecular formula is C14H20FN3. The van der Waals surface area contributed by atoms with Gasteiger partial charge in [0.1, 0.15) is 5.82 Å². The summed E-state index contributed by atoms with van der Waals surface area (Å²) in [4.78, 5) is 6.20. The van der Waals surface area contributed by atoms with Crippen molar-refractivity contribution in [3.05, 3.63) is 35.1 Å². The molecule has 2 aliphatic heterocycles. The van der Waals surface area contributed by atoms with Crippen molar-refractivity contribution in [3.63, 3.8) is 0 Å². The summed E-state index contributed by atoms with van der Waals surface area (Å²) in [7, 11) is 1.74. The second kappa shape index (κ2) is 5.48. The fourth-order valence-corrected chi connectivity index (χ4v) is 2.36. The van der Waals surface area contributed by atoms with E-state index < -0.39 is 0 Å². The summed E-state index contributed by atoms with van der Waals surface area (Å²) in [6.07, 6.45) is 5.42. The first-order chi connectivity index (χ1) is 8.65. The van der Waals surface area contributed by atoms with Crippen LogP contribution in [0.4, 0.5) is 4.39 Å². The predicted molar refractivity (Wildman–Crippen MR) is 72.9 cm³/mol. The fourth-order valence-electron chi connectivity index (χ4n) is 2.36. The van der Waals surface area contributed by atoms with Crippen LogP contribution in [0.1, 0.15) is 26.7 Å². The molecule has 0 unspecified atom stereocenters. The van der Waals surface area contributed by atoms with Crippen LogP contribution in [-0.4, -0.2) is 30.7 Å². The minimum atomic E-state index is -0.150. The largest absolute Gasteiger partial charge is 0.316 e. The lowest BCUT2D eigenvalue weighted by atomic mass is 10.0. The highest BCUT2D eigenvalue weighted by atomic mass is 19.1. The zero-order chi connectivity index (χ0) is 13.1. The fraction of sp³-hybridized carbons (Fsp3) is 0.500. The van der Waals surface area contributed by atoms with Gasteiger partial charge in [0.15, 0.2) is 5.95 Å². The Morgan fingerprint density at radius 2 is 2.11 bits per heavy atom. The highest BCUT2D eigenvalue weighted by molar-refractivity contribution is 6.02. The molecule has 2 rings (SSSR count). The molecule has 0 aromatic carbocycles. The van der Waals surface area contributed by atoms with E-state index in [-0.39, 0.29) is 5.95 Å². The van der Waals surface area contributed by atoms with E-state index in [4.69, 9.17) is 0 Å². The van der Waals surface area contributed by atoms with Crippen molar-refractivity contribution in [2.45, 2.75) is 26.7 Å². The van der Waals surface area contributed by atoms with Crippen molar-refractivity contribution in [1.82, 2.24) is 10.2 Å². The standard InChI is InChI=1S/C14H20FN3/c1-4-5-10(2)14-17-12-7-9-16-8-6-11(12)13(15)18(14)3/h4-5,16H,6-9H2,1-3H3/b5-4-,14-10-.